The van der Waals surface area contributed by atoms with Crippen LogP contribution in [0.4, 0.5) is 0 Å². The van der Waals surface area contributed by atoms with E-state index in [4.69, 9.17) is 0 Å². The highest BCUT2D eigenvalue weighted by atomic mass is 16.2. The minimum Gasteiger partial charge on any atom is -0.337 e. The lowest BCUT2D eigenvalue weighted by atomic mass is 10.0. The Morgan fingerprint density at radius 2 is 2.12 bits per heavy atom. The van der Waals surface area contributed by atoms with Crippen molar-refractivity contribution >= 4 is 5.91 Å². The van der Waals surface area contributed by atoms with Crippen molar-refractivity contribution < 1.29 is 4.79 Å². The van der Waals surface area contributed by atoms with Crippen LogP contribution in [0.5, 0.6) is 0 Å². The van der Waals surface area contributed by atoms with Gasteiger partial charge in [0.2, 0.25) is 5.91 Å². The number of amides is 1. The standard InChI is InChI=1S/C13H18N2O/c1-14-12-7-8-13(16)15(10-12)9-11-5-3-2-4-6-11/h2-6,12,14H,7-10H2,1H3. The van der Waals surface area contributed by atoms with Crippen LogP contribution in [-0.2, 0) is 11.3 Å². The Hall–Kier alpha value is -1.35. The highest BCUT2D eigenvalue weighted by Crippen LogP contribution is 2.14. The van der Waals surface area contributed by atoms with Gasteiger partial charge in [-0.2, -0.15) is 0 Å². The summed E-state index contributed by atoms with van der Waals surface area (Å²) in [6, 6.07) is 10.6. The summed E-state index contributed by atoms with van der Waals surface area (Å²) >= 11 is 0. The van der Waals surface area contributed by atoms with E-state index in [9.17, 15) is 4.79 Å². The van der Waals surface area contributed by atoms with Gasteiger partial charge in [0.25, 0.3) is 0 Å². The van der Waals surface area contributed by atoms with E-state index in [1.165, 1.54) is 5.56 Å². The molecular formula is C13H18N2O. The molecule has 1 aliphatic heterocycles. The Labute approximate surface area is 96.5 Å². The van der Waals surface area contributed by atoms with Gasteiger partial charge >= 0.3 is 0 Å². The number of likely N-dealkylation sites (N-methyl/N-ethyl adjacent to an activating group) is 1. The summed E-state index contributed by atoms with van der Waals surface area (Å²) in [7, 11) is 1.96. The zero-order valence-electron chi connectivity index (χ0n) is 9.65. The van der Waals surface area contributed by atoms with Crippen LogP contribution in [0.2, 0.25) is 0 Å². The highest BCUT2D eigenvalue weighted by molar-refractivity contribution is 5.77. The average Bonchev–Trinajstić information content (AvgIpc) is 2.33. The summed E-state index contributed by atoms with van der Waals surface area (Å²) in [6.45, 7) is 1.56. The molecule has 86 valence electrons. The summed E-state index contributed by atoms with van der Waals surface area (Å²) in [5.41, 5.74) is 1.20. The number of nitrogens with one attached hydrogen (secondary N) is 1. The van der Waals surface area contributed by atoms with Gasteiger partial charge in [0, 0.05) is 25.6 Å². The number of hydrogen-bond acceptors (Lipinski definition) is 2. The molecule has 1 saturated heterocycles. The van der Waals surface area contributed by atoms with Gasteiger partial charge in [0.1, 0.15) is 0 Å². The van der Waals surface area contributed by atoms with E-state index in [1.54, 1.807) is 0 Å². The number of carbonyl (C=O) groups is 1. The number of likely N-dealkylation sites (tertiary alicyclic amines) is 1. The van der Waals surface area contributed by atoms with E-state index in [-0.39, 0.29) is 5.91 Å². The molecule has 0 spiro atoms. The van der Waals surface area contributed by atoms with Gasteiger partial charge in [0.15, 0.2) is 0 Å². The van der Waals surface area contributed by atoms with Crippen LogP contribution in [0, 0.1) is 0 Å². The molecule has 0 radical (unpaired) electrons. The molecule has 0 bridgehead atoms. The molecule has 0 aromatic heterocycles. The first kappa shape index (κ1) is 11.1. The Morgan fingerprint density at radius 1 is 1.38 bits per heavy atom. The van der Waals surface area contributed by atoms with Crippen molar-refractivity contribution in [1.82, 2.24) is 10.2 Å². The van der Waals surface area contributed by atoms with Crippen LogP contribution in [0.25, 0.3) is 0 Å². The Kier molecular flexibility index (Phi) is 3.57. The van der Waals surface area contributed by atoms with Crippen molar-refractivity contribution in [3.63, 3.8) is 0 Å². The highest BCUT2D eigenvalue weighted by Gasteiger charge is 2.24. The molecule has 1 fully saturated rings. The van der Waals surface area contributed by atoms with Crippen LogP contribution in [0.15, 0.2) is 30.3 Å². The molecule has 1 atom stereocenters. The molecule has 16 heavy (non-hydrogen) atoms. The van der Waals surface area contributed by atoms with Crippen LogP contribution in [0.3, 0.4) is 0 Å². The molecule has 1 unspecified atom stereocenters. The summed E-state index contributed by atoms with van der Waals surface area (Å²) in [5, 5.41) is 3.25. The lowest BCUT2D eigenvalue weighted by Crippen LogP contribution is -2.46. The van der Waals surface area contributed by atoms with Crippen molar-refractivity contribution in [3.8, 4) is 0 Å². The predicted molar refractivity (Wildman–Crippen MR) is 63.9 cm³/mol. The zero-order chi connectivity index (χ0) is 11.4. The van der Waals surface area contributed by atoms with Gasteiger partial charge < -0.3 is 10.2 Å². The van der Waals surface area contributed by atoms with Crippen LogP contribution in [0.1, 0.15) is 18.4 Å². The minimum absolute atomic E-state index is 0.273. The van der Waals surface area contributed by atoms with Crippen molar-refractivity contribution in [1.29, 1.82) is 0 Å². The molecule has 3 heteroatoms. The largest absolute Gasteiger partial charge is 0.337 e. The van der Waals surface area contributed by atoms with Crippen LogP contribution in [-0.4, -0.2) is 30.4 Å². The van der Waals surface area contributed by atoms with Gasteiger partial charge in [-0.05, 0) is 19.0 Å². The molecule has 1 N–H and O–H groups in total. The maximum atomic E-state index is 11.8. The third-order valence-electron chi connectivity index (χ3n) is 3.12. The van der Waals surface area contributed by atoms with E-state index in [1.807, 2.05) is 30.1 Å². The second-order valence-electron chi connectivity index (χ2n) is 4.28. The van der Waals surface area contributed by atoms with Gasteiger partial charge in [-0.3, -0.25) is 4.79 Å². The fourth-order valence-electron chi connectivity index (χ4n) is 2.11. The fourth-order valence-corrected chi connectivity index (χ4v) is 2.11. The van der Waals surface area contributed by atoms with Gasteiger partial charge in [-0.15, -0.1) is 0 Å². The van der Waals surface area contributed by atoms with E-state index in [0.717, 1.165) is 19.5 Å². The quantitative estimate of drug-likeness (QED) is 0.831. The molecule has 1 amide bonds. The van der Waals surface area contributed by atoms with Crippen molar-refractivity contribution in [2.45, 2.75) is 25.4 Å². The predicted octanol–water partition coefficient (Wildman–Crippen LogP) is 1.40. The molecule has 1 aromatic carbocycles. The Bertz CT molecular complexity index is 350. The number of piperidine rings is 1. The lowest BCUT2D eigenvalue weighted by molar-refractivity contribution is -0.134. The topological polar surface area (TPSA) is 32.3 Å². The summed E-state index contributed by atoms with van der Waals surface area (Å²) in [6.07, 6.45) is 1.62. The summed E-state index contributed by atoms with van der Waals surface area (Å²) in [4.78, 5) is 13.7. The molecule has 2 rings (SSSR count). The SMILES string of the molecule is CNC1CCC(=O)N(Cc2ccccc2)C1. The van der Waals surface area contributed by atoms with Crippen LogP contribution >= 0.6 is 0 Å². The molecule has 1 aliphatic rings. The second kappa shape index (κ2) is 5.12. The van der Waals surface area contributed by atoms with Crippen molar-refractivity contribution in [3.05, 3.63) is 35.9 Å². The van der Waals surface area contributed by atoms with E-state index < -0.39 is 0 Å². The normalized spacial score (nSPS) is 21.2. The fraction of sp³-hybridized carbons (Fsp3) is 0.462. The van der Waals surface area contributed by atoms with Gasteiger partial charge in [-0.25, -0.2) is 0 Å². The van der Waals surface area contributed by atoms with E-state index in [0.29, 0.717) is 12.5 Å². The molecule has 0 saturated carbocycles. The first-order chi connectivity index (χ1) is 7.79. The van der Waals surface area contributed by atoms with Crippen LogP contribution < -0.4 is 5.32 Å². The van der Waals surface area contributed by atoms with E-state index >= 15 is 0 Å². The number of hydrogen-bond donors (Lipinski definition) is 1. The first-order valence-electron chi connectivity index (χ1n) is 5.78. The lowest BCUT2D eigenvalue weighted by Gasteiger charge is -2.32. The van der Waals surface area contributed by atoms with Crippen molar-refractivity contribution in [2.75, 3.05) is 13.6 Å². The zero-order valence-corrected chi connectivity index (χ0v) is 9.65. The maximum absolute atomic E-state index is 11.8. The second-order valence-corrected chi connectivity index (χ2v) is 4.28. The summed E-state index contributed by atoms with van der Waals surface area (Å²) < 4.78 is 0. The Morgan fingerprint density at radius 3 is 2.81 bits per heavy atom. The maximum Gasteiger partial charge on any atom is 0.222 e. The summed E-state index contributed by atoms with van der Waals surface area (Å²) in [5.74, 6) is 0.273. The van der Waals surface area contributed by atoms with E-state index in [2.05, 4.69) is 17.4 Å². The number of rotatable bonds is 3. The molecule has 0 aliphatic carbocycles. The first-order valence-corrected chi connectivity index (χ1v) is 5.78. The number of nitrogens with zero attached hydrogens (tertiary/aromatic N) is 1. The third kappa shape index (κ3) is 2.61. The Balaban J connectivity index is 2.00. The number of benzene rings is 1. The molecule has 1 heterocycles. The molecular weight excluding hydrogens is 200 g/mol. The monoisotopic (exact) mass is 218 g/mol. The third-order valence-corrected chi connectivity index (χ3v) is 3.12. The average molecular weight is 218 g/mol. The number of carbonyl (C=O) groups excluding carboxylic acids is 1. The smallest absolute Gasteiger partial charge is 0.222 e. The van der Waals surface area contributed by atoms with Gasteiger partial charge in [-0.1, -0.05) is 30.3 Å². The minimum atomic E-state index is 0.273. The molecule has 1 aromatic rings. The molecule has 3 nitrogen and oxygen atoms in total. The van der Waals surface area contributed by atoms with Gasteiger partial charge in [0.05, 0.1) is 0 Å². The van der Waals surface area contributed by atoms with Crippen molar-refractivity contribution in [2.24, 2.45) is 0 Å².